The summed E-state index contributed by atoms with van der Waals surface area (Å²) in [6.07, 6.45) is 0.113. The van der Waals surface area contributed by atoms with Crippen molar-refractivity contribution < 1.29 is 4.74 Å². The predicted octanol–water partition coefficient (Wildman–Crippen LogP) is 3.45. The number of hydrogen-bond acceptors (Lipinski definition) is 4. The van der Waals surface area contributed by atoms with Crippen molar-refractivity contribution in [2.75, 3.05) is 37.8 Å². The molecule has 1 unspecified atom stereocenters. The van der Waals surface area contributed by atoms with E-state index in [1.807, 2.05) is 12.1 Å². The zero-order valence-electron chi connectivity index (χ0n) is 13.8. The maximum atomic E-state index is 6.16. The van der Waals surface area contributed by atoms with Gasteiger partial charge in [0.2, 0.25) is 0 Å². The van der Waals surface area contributed by atoms with Crippen molar-refractivity contribution in [1.82, 2.24) is 4.90 Å². The Morgan fingerprint density at radius 3 is 2.74 bits per heavy atom. The van der Waals surface area contributed by atoms with E-state index in [1.54, 1.807) is 0 Å². The van der Waals surface area contributed by atoms with Crippen LogP contribution in [0.25, 0.3) is 0 Å². The quantitative estimate of drug-likeness (QED) is 0.849. The molecule has 4 heteroatoms. The summed E-state index contributed by atoms with van der Waals surface area (Å²) in [5.41, 5.74) is 10.3. The SMILES string of the molecule is C[C@H](Nc1cc(C2CN(C)CCO2)ccc1N)c1ccccc1. The summed E-state index contributed by atoms with van der Waals surface area (Å²) in [5.74, 6) is 0. The molecule has 1 aliphatic heterocycles. The Bertz CT molecular complexity index is 644. The van der Waals surface area contributed by atoms with Gasteiger partial charge in [0.05, 0.1) is 24.1 Å². The number of ether oxygens (including phenoxy) is 1. The smallest absolute Gasteiger partial charge is 0.0953 e. The molecule has 1 aliphatic rings. The molecular weight excluding hydrogens is 286 g/mol. The van der Waals surface area contributed by atoms with Crippen LogP contribution in [0.4, 0.5) is 11.4 Å². The number of nitrogen functional groups attached to an aromatic ring is 1. The van der Waals surface area contributed by atoms with E-state index in [0.29, 0.717) is 0 Å². The number of nitrogens with two attached hydrogens (primary N) is 1. The third-order valence-electron chi connectivity index (χ3n) is 4.39. The monoisotopic (exact) mass is 311 g/mol. The van der Waals surface area contributed by atoms with Crippen LogP contribution in [0.2, 0.25) is 0 Å². The zero-order chi connectivity index (χ0) is 16.2. The molecule has 23 heavy (non-hydrogen) atoms. The third kappa shape index (κ3) is 3.84. The maximum Gasteiger partial charge on any atom is 0.0953 e. The zero-order valence-corrected chi connectivity index (χ0v) is 13.8. The van der Waals surface area contributed by atoms with E-state index in [4.69, 9.17) is 10.5 Å². The highest BCUT2D eigenvalue weighted by atomic mass is 16.5. The molecule has 2 atom stereocenters. The first kappa shape index (κ1) is 15.8. The lowest BCUT2D eigenvalue weighted by Gasteiger charge is -2.30. The minimum absolute atomic E-state index is 0.113. The summed E-state index contributed by atoms with van der Waals surface area (Å²) >= 11 is 0. The van der Waals surface area contributed by atoms with Crippen LogP contribution in [-0.4, -0.2) is 31.6 Å². The van der Waals surface area contributed by atoms with E-state index in [9.17, 15) is 0 Å². The van der Waals surface area contributed by atoms with Crippen LogP contribution in [0, 0.1) is 0 Å². The second kappa shape index (κ2) is 7.02. The van der Waals surface area contributed by atoms with Crippen molar-refractivity contribution in [3.63, 3.8) is 0 Å². The van der Waals surface area contributed by atoms with Gasteiger partial charge in [-0.15, -0.1) is 0 Å². The number of nitrogens with zero attached hydrogens (tertiary/aromatic N) is 1. The van der Waals surface area contributed by atoms with Gasteiger partial charge in [-0.1, -0.05) is 36.4 Å². The van der Waals surface area contributed by atoms with E-state index in [0.717, 1.165) is 31.1 Å². The van der Waals surface area contributed by atoms with Crippen molar-refractivity contribution in [2.45, 2.75) is 19.1 Å². The fourth-order valence-electron chi connectivity index (χ4n) is 2.94. The standard InChI is InChI=1S/C19H25N3O/c1-14(15-6-4-3-5-7-15)21-18-12-16(8-9-17(18)20)19-13-22(2)10-11-23-19/h3-9,12,14,19,21H,10-11,13,20H2,1-2H3/t14-,19?/m0/s1. The third-order valence-corrected chi connectivity index (χ3v) is 4.39. The molecule has 0 radical (unpaired) electrons. The summed E-state index contributed by atoms with van der Waals surface area (Å²) in [6.45, 7) is 4.82. The fourth-order valence-corrected chi connectivity index (χ4v) is 2.94. The van der Waals surface area contributed by atoms with Crippen LogP contribution in [0.1, 0.15) is 30.2 Å². The van der Waals surface area contributed by atoms with Crippen LogP contribution in [0.15, 0.2) is 48.5 Å². The fraction of sp³-hybridized carbons (Fsp3) is 0.368. The van der Waals surface area contributed by atoms with Gasteiger partial charge in [0.1, 0.15) is 0 Å². The van der Waals surface area contributed by atoms with E-state index in [1.165, 1.54) is 11.1 Å². The van der Waals surface area contributed by atoms with E-state index in [2.05, 4.69) is 60.6 Å². The number of nitrogens with one attached hydrogen (secondary N) is 1. The average molecular weight is 311 g/mol. The lowest BCUT2D eigenvalue weighted by atomic mass is 10.0. The Morgan fingerprint density at radius 1 is 1.22 bits per heavy atom. The number of rotatable bonds is 4. The minimum Gasteiger partial charge on any atom is -0.397 e. The van der Waals surface area contributed by atoms with Gasteiger partial charge in [-0.25, -0.2) is 0 Å². The lowest BCUT2D eigenvalue weighted by molar-refractivity contribution is -0.0208. The van der Waals surface area contributed by atoms with Gasteiger partial charge in [0.25, 0.3) is 0 Å². The maximum absolute atomic E-state index is 6.16. The van der Waals surface area contributed by atoms with Crippen LogP contribution in [0.5, 0.6) is 0 Å². The van der Waals surface area contributed by atoms with Gasteiger partial charge in [-0.3, -0.25) is 0 Å². The molecule has 2 aromatic rings. The van der Waals surface area contributed by atoms with Crippen molar-refractivity contribution in [3.05, 3.63) is 59.7 Å². The summed E-state index contributed by atoms with van der Waals surface area (Å²) < 4.78 is 5.91. The van der Waals surface area contributed by atoms with Crippen molar-refractivity contribution in [3.8, 4) is 0 Å². The Hall–Kier alpha value is -2.04. The first-order valence-electron chi connectivity index (χ1n) is 8.14. The summed E-state index contributed by atoms with van der Waals surface area (Å²) in [5, 5.41) is 3.52. The van der Waals surface area contributed by atoms with Crippen molar-refractivity contribution in [1.29, 1.82) is 0 Å². The number of anilines is 2. The highest BCUT2D eigenvalue weighted by Gasteiger charge is 2.20. The number of morpholine rings is 1. The molecule has 0 saturated carbocycles. The highest BCUT2D eigenvalue weighted by Crippen LogP contribution is 2.30. The summed E-state index contributed by atoms with van der Waals surface area (Å²) in [7, 11) is 2.13. The molecular formula is C19H25N3O. The Morgan fingerprint density at radius 2 is 2.00 bits per heavy atom. The topological polar surface area (TPSA) is 50.5 Å². The molecule has 1 saturated heterocycles. The second-order valence-electron chi connectivity index (χ2n) is 6.25. The van der Waals surface area contributed by atoms with Gasteiger partial charge < -0.3 is 20.7 Å². The van der Waals surface area contributed by atoms with Crippen LogP contribution < -0.4 is 11.1 Å². The van der Waals surface area contributed by atoms with Gasteiger partial charge in [0, 0.05) is 19.1 Å². The minimum atomic E-state index is 0.113. The molecule has 3 rings (SSSR count). The highest BCUT2D eigenvalue weighted by molar-refractivity contribution is 5.68. The average Bonchev–Trinajstić information content (AvgIpc) is 2.57. The predicted molar refractivity (Wildman–Crippen MR) is 95.5 cm³/mol. The molecule has 4 nitrogen and oxygen atoms in total. The van der Waals surface area contributed by atoms with Crippen LogP contribution >= 0.6 is 0 Å². The van der Waals surface area contributed by atoms with E-state index in [-0.39, 0.29) is 12.1 Å². The van der Waals surface area contributed by atoms with Crippen LogP contribution in [0.3, 0.4) is 0 Å². The number of benzene rings is 2. The van der Waals surface area contributed by atoms with E-state index < -0.39 is 0 Å². The largest absolute Gasteiger partial charge is 0.397 e. The molecule has 0 bridgehead atoms. The Kier molecular flexibility index (Phi) is 4.84. The van der Waals surface area contributed by atoms with Crippen LogP contribution in [-0.2, 0) is 4.74 Å². The molecule has 0 spiro atoms. The van der Waals surface area contributed by atoms with Crippen molar-refractivity contribution >= 4 is 11.4 Å². The molecule has 2 aromatic carbocycles. The molecule has 3 N–H and O–H groups in total. The van der Waals surface area contributed by atoms with Gasteiger partial charge in [0.15, 0.2) is 0 Å². The molecule has 122 valence electrons. The van der Waals surface area contributed by atoms with Crippen molar-refractivity contribution in [2.24, 2.45) is 0 Å². The number of likely N-dealkylation sites (N-methyl/N-ethyl adjacent to an activating group) is 1. The molecule has 0 amide bonds. The second-order valence-corrected chi connectivity index (χ2v) is 6.25. The molecule has 1 fully saturated rings. The Labute approximate surface area is 138 Å². The molecule has 0 aliphatic carbocycles. The first-order chi connectivity index (χ1) is 11.1. The normalized spacial score (nSPS) is 20.2. The summed E-state index contributed by atoms with van der Waals surface area (Å²) in [6, 6.07) is 16.7. The summed E-state index contributed by atoms with van der Waals surface area (Å²) in [4.78, 5) is 2.30. The molecule has 0 aromatic heterocycles. The van der Waals surface area contributed by atoms with E-state index >= 15 is 0 Å². The first-order valence-corrected chi connectivity index (χ1v) is 8.14. The lowest BCUT2D eigenvalue weighted by Crippen LogP contribution is -2.35. The van der Waals surface area contributed by atoms with Gasteiger partial charge >= 0.3 is 0 Å². The van der Waals surface area contributed by atoms with Gasteiger partial charge in [-0.2, -0.15) is 0 Å². The molecule has 1 heterocycles. The Balaban J connectivity index is 1.78. The number of hydrogen-bond donors (Lipinski definition) is 2. The van der Waals surface area contributed by atoms with Gasteiger partial charge in [-0.05, 0) is 37.2 Å².